The molecule has 2 amide bonds. The van der Waals surface area contributed by atoms with Crippen molar-refractivity contribution in [1.82, 2.24) is 19.8 Å². The van der Waals surface area contributed by atoms with Gasteiger partial charge in [-0.1, -0.05) is 6.92 Å². The van der Waals surface area contributed by atoms with Crippen molar-refractivity contribution in [2.45, 2.75) is 46.7 Å². The van der Waals surface area contributed by atoms with Gasteiger partial charge in [-0.25, -0.2) is 9.97 Å². The van der Waals surface area contributed by atoms with E-state index in [1.807, 2.05) is 18.7 Å². The molecule has 3 rings (SSSR count). The van der Waals surface area contributed by atoms with Crippen LogP contribution in [0.2, 0.25) is 0 Å². The summed E-state index contributed by atoms with van der Waals surface area (Å²) in [5, 5.41) is 18.1. The van der Waals surface area contributed by atoms with Crippen molar-refractivity contribution >= 4 is 29.4 Å². The molecule has 0 aromatic carbocycles. The van der Waals surface area contributed by atoms with Gasteiger partial charge in [0.1, 0.15) is 11.6 Å². The van der Waals surface area contributed by atoms with E-state index in [9.17, 15) is 19.5 Å². The maximum absolute atomic E-state index is 12.9. The topological polar surface area (TPSA) is 131 Å². The Morgan fingerprint density at radius 2 is 1.80 bits per heavy atom. The zero-order chi connectivity index (χ0) is 22.2. The Morgan fingerprint density at radius 3 is 2.30 bits per heavy atom. The summed E-state index contributed by atoms with van der Waals surface area (Å²) in [7, 11) is 0. The van der Waals surface area contributed by atoms with Crippen LogP contribution in [0.25, 0.3) is 0 Å². The van der Waals surface area contributed by atoms with Crippen molar-refractivity contribution in [2.24, 2.45) is 5.92 Å². The number of hydrogen-bond donors (Lipinski definition) is 2. The number of carboxylic acid groups (broad SMARTS) is 1. The van der Waals surface area contributed by atoms with Gasteiger partial charge in [0.25, 0.3) is 5.91 Å². The quantitative estimate of drug-likeness (QED) is 0.661. The fourth-order valence-electron chi connectivity index (χ4n) is 3.85. The molecule has 0 bridgehead atoms. The molecular formula is C20H28N6O4. The van der Waals surface area contributed by atoms with Crippen molar-refractivity contribution in [2.75, 3.05) is 31.1 Å². The highest BCUT2D eigenvalue weighted by Gasteiger charge is 2.37. The lowest BCUT2D eigenvalue weighted by molar-refractivity contribution is -0.139. The smallest absolute Gasteiger partial charge is 0.312 e. The lowest BCUT2D eigenvalue weighted by Crippen LogP contribution is -2.48. The van der Waals surface area contributed by atoms with Crippen molar-refractivity contribution < 1.29 is 19.5 Å². The van der Waals surface area contributed by atoms with Crippen LogP contribution in [0.4, 0.5) is 5.95 Å². The fraction of sp³-hybridized carbons (Fsp3) is 0.600. The zero-order valence-electron chi connectivity index (χ0n) is 17.8. The van der Waals surface area contributed by atoms with Crippen LogP contribution in [0, 0.1) is 11.3 Å². The van der Waals surface area contributed by atoms with E-state index in [0.717, 1.165) is 0 Å². The summed E-state index contributed by atoms with van der Waals surface area (Å²) in [4.78, 5) is 50.5. The van der Waals surface area contributed by atoms with Crippen molar-refractivity contribution in [3.8, 4) is 0 Å². The van der Waals surface area contributed by atoms with E-state index in [1.54, 1.807) is 16.7 Å². The molecule has 3 heterocycles. The third-order valence-corrected chi connectivity index (χ3v) is 5.73. The molecule has 2 aliphatic heterocycles. The van der Waals surface area contributed by atoms with Gasteiger partial charge in [-0.2, -0.15) is 0 Å². The SMILES string of the molecule is CC[C@H](C(=N)c1nc(N2CCN(C(C)=O)CC2)nc2c1CN(C(C)C)C2=O)C(=O)O. The first-order chi connectivity index (χ1) is 14.1. The second-order valence-electron chi connectivity index (χ2n) is 7.93. The van der Waals surface area contributed by atoms with Gasteiger partial charge >= 0.3 is 5.97 Å². The minimum atomic E-state index is -1.09. The van der Waals surface area contributed by atoms with Crippen molar-refractivity contribution in [3.05, 3.63) is 17.0 Å². The highest BCUT2D eigenvalue weighted by molar-refractivity contribution is 6.11. The summed E-state index contributed by atoms with van der Waals surface area (Å²) < 4.78 is 0. The Hall–Kier alpha value is -3.04. The fourth-order valence-corrected chi connectivity index (χ4v) is 3.85. The van der Waals surface area contributed by atoms with Gasteiger partial charge in [0, 0.05) is 44.7 Å². The molecule has 162 valence electrons. The second-order valence-corrected chi connectivity index (χ2v) is 7.93. The molecule has 1 fully saturated rings. The van der Waals surface area contributed by atoms with Crippen LogP contribution in [0.1, 0.15) is 55.9 Å². The lowest BCUT2D eigenvalue weighted by Gasteiger charge is -2.34. The van der Waals surface area contributed by atoms with E-state index in [4.69, 9.17) is 5.41 Å². The molecule has 1 atom stereocenters. The highest BCUT2D eigenvalue weighted by Crippen LogP contribution is 2.29. The van der Waals surface area contributed by atoms with Crippen LogP contribution in [0.15, 0.2) is 0 Å². The number of aromatic nitrogens is 2. The average molecular weight is 416 g/mol. The standard InChI is InChI=1S/C20H28N6O4/c1-5-13(19(29)30)15(21)16-14-10-26(11(2)3)18(28)17(14)23-20(22-16)25-8-6-24(7-9-25)12(4)27/h11,13,21H,5-10H2,1-4H3,(H,29,30)/t13-/m1/s1. The Bertz CT molecular complexity index is 892. The summed E-state index contributed by atoms with van der Waals surface area (Å²) >= 11 is 0. The number of piperazine rings is 1. The van der Waals surface area contributed by atoms with E-state index < -0.39 is 11.9 Å². The number of carbonyl (C=O) groups excluding carboxylic acids is 2. The van der Waals surface area contributed by atoms with E-state index in [2.05, 4.69) is 9.97 Å². The lowest BCUT2D eigenvalue weighted by atomic mass is 9.95. The van der Waals surface area contributed by atoms with Gasteiger partial charge in [-0.3, -0.25) is 14.4 Å². The number of carbonyl (C=O) groups is 3. The maximum atomic E-state index is 12.9. The number of rotatable bonds is 6. The number of aliphatic carboxylic acids is 1. The number of anilines is 1. The predicted octanol–water partition coefficient (Wildman–Crippen LogP) is 0.988. The van der Waals surface area contributed by atoms with E-state index in [1.165, 1.54) is 6.92 Å². The molecule has 10 nitrogen and oxygen atoms in total. The number of nitrogens with one attached hydrogen (secondary N) is 1. The molecule has 10 heteroatoms. The molecule has 30 heavy (non-hydrogen) atoms. The zero-order valence-corrected chi connectivity index (χ0v) is 17.8. The number of carboxylic acids is 1. The summed E-state index contributed by atoms with van der Waals surface area (Å²) in [6.07, 6.45) is 0.251. The van der Waals surface area contributed by atoms with Crippen LogP contribution in [0.3, 0.4) is 0 Å². The largest absolute Gasteiger partial charge is 0.481 e. The van der Waals surface area contributed by atoms with Crippen LogP contribution in [-0.4, -0.2) is 80.6 Å². The Morgan fingerprint density at radius 1 is 1.17 bits per heavy atom. The summed E-state index contributed by atoms with van der Waals surface area (Å²) in [6.45, 7) is 9.33. The molecule has 1 aromatic heterocycles. The van der Waals surface area contributed by atoms with E-state index in [0.29, 0.717) is 37.7 Å². The molecule has 1 aromatic rings. The Labute approximate surface area is 175 Å². The Balaban J connectivity index is 2.03. The van der Waals surface area contributed by atoms with Crippen LogP contribution in [0.5, 0.6) is 0 Å². The van der Waals surface area contributed by atoms with Crippen LogP contribution >= 0.6 is 0 Å². The predicted molar refractivity (Wildman–Crippen MR) is 110 cm³/mol. The molecule has 0 aliphatic carbocycles. The number of hydrogen-bond acceptors (Lipinski definition) is 7. The molecule has 2 N–H and O–H groups in total. The first-order valence-electron chi connectivity index (χ1n) is 10.2. The molecule has 2 aliphatic rings. The number of fused-ring (bicyclic) bond motifs is 1. The minimum Gasteiger partial charge on any atom is -0.481 e. The third-order valence-electron chi connectivity index (χ3n) is 5.73. The molecular weight excluding hydrogens is 388 g/mol. The van der Waals surface area contributed by atoms with Gasteiger partial charge in [0.05, 0.1) is 18.0 Å². The normalized spacial score (nSPS) is 17.4. The van der Waals surface area contributed by atoms with E-state index >= 15 is 0 Å². The second kappa shape index (κ2) is 8.37. The molecule has 0 saturated carbocycles. The summed E-state index contributed by atoms with van der Waals surface area (Å²) in [5.74, 6) is -2.02. The summed E-state index contributed by atoms with van der Waals surface area (Å²) in [5.41, 5.74) is 0.882. The van der Waals surface area contributed by atoms with Gasteiger partial charge in [-0.15, -0.1) is 0 Å². The molecule has 1 saturated heterocycles. The third kappa shape index (κ3) is 3.86. The average Bonchev–Trinajstić information content (AvgIpc) is 3.04. The van der Waals surface area contributed by atoms with Crippen molar-refractivity contribution in [1.29, 1.82) is 5.41 Å². The maximum Gasteiger partial charge on any atom is 0.312 e. The van der Waals surface area contributed by atoms with Gasteiger partial charge < -0.3 is 25.2 Å². The Kier molecular flexibility index (Phi) is 6.04. The van der Waals surface area contributed by atoms with Crippen LogP contribution < -0.4 is 4.90 Å². The molecule has 0 unspecified atom stereocenters. The monoisotopic (exact) mass is 416 g/mol. The summed E-state index contributed by atoms with van der Waals surface area (Å²) in [6, 6.07) is -0.0576. The van der Waals surface area contributed by atoms with Crippen molar-refractivity contribution in [3.63, 3.8) is 0 Å². The van der Waals surface area contributed by atoms with Gasteiger partial charge in [0.15, 0.2) is 0 Å². The van der Waals surface area contributed by atoms with Crippen LogP contribution in [-0.2, 0) is 16.1 Å². The van der Waals surface area contributed by atoms with Gasteiger partial charge in [0.2, 0.25) is 11.9 Å². The highest BCUT2D eigenvalue weighted by atomic mass is 16.4. The minimum absolute atomic E-state index is 0.00184. The number of nitrogens with zero attached hydrogens (tertiary/aromatic N) is 5. The first-order valence-corrected chi connectivity index (χ1v) is 10.2. The number of amides is 2. The van der Waals surface area contributed by atoms with Gasteiger partial charge in [-0.05, 0) is 20.3 Å². The molecule has 0 radical (unpaired) electrons. The first kappa shape index (κ1) is 21.7. The molecule has 0 spiro atoms. The van der Waals surface area contributed by atoms with E-state index in [-0.39, 0.29) is 47.9 Å².